The van der Waals surface area contributed by atoms with Crippen molar-refractivity contribution >= 4 is 23.7 Å². The molecule has 0 rings (SSSR count). The Morgan fingerprint density at radius 1 is 0.893 bits per heavy atom. The summed E-state index contributed by atoms with van der Waals surface area (Å²) in [5.41, 5.74) is 0. The molecule has 12 heteroatoms. The van der Waals surface area contributed by atoms with Crippen LogP contribution in [0, 0.1) is 5.92 Å². The van der Waals surface area contributed by atoms with Gasteiger partial charge in [0.1, 0.15) is 18.8 Å². The van der Waals surface area contributed by atoms with E-state index in [2.05, 4.69) is 4.74 Å². The number of rotatable bonds is 11. The summed E-state index contributed by atoms with van der Waals surface area (Å²) in [5, 5.41) is 48.2. The topological polar surface area (TPSA) is 197 Å². The number of aliphatic hydroxyl groups is 5. The number of hydrogen-bond acceptors (Lipinski definition) is 12. The van der Waals surface area contributed by atoms with E-state index in [0.717, 1.165) is 20.8 Å². The van der Waals surface area contributed by atoms with Gasteiger partial charge in [-0.05, 0) is 6.42 Å². The molecule has 0 bridgehead atoms. The zero-order valence-electron chi connectivity index (χ0n) is 15.9. The highest BCUT2D eigenvalue weighted by atomic mass is 16.7. The standard InChI is InChI=1S/C16H26O12/c1-5-10(16(23,24)25)12(21)13(22)15(28-9(4)19)14(27-8(3)18)11(20)6-26-7(2)17/h10-12,14-15,20-21,23-25H,5-6H2,1-4H3/t10?,11-,12?,14-,15-/m1/s1. The van der Waals surface area contributed by atoms with Crippen molar-refractivity contribution in [3.05, 3.63) is 0 Å². The van der Waals surface area contributed by atoms with Crippen molar-refractivity contribution in [1.29, 1.82) is 0 Å². The van der Waals surface area contributed by atoms with E-state index in [-0.39, 0.29) is 6.42 Å². The third-order valence-corrected chi connectivity index (χ3v) is 3.62. The lowest BCUT2D eigenvalue weighted by atomic mass is 9.89. The lowest BCUT2D eigenvalue weighted by Crippen LogP contribution is -2.55. The number of ether oxygens (including phenoxy) is 3. The summed E-state index contributed by atoms with van der Waals surface area (Å²) < 4.78 is 14.1. The molecule has 0 heterocycles. The summed E-state index contributed by atoms with van der Waals surface area (Å²) in [6, 6.07) is 0. The van der Waals surface area contributed by atoms with Gasteiger partial charge >= 0.3 is 17.9 Å². The fraction of sp³-hybridized carbons (Fsp3) is 0.750. The Morgan fingerprint density at radius 2 is 1.39 bits per heavy atom. The molecule has 5 atom stereocenters. The van der Waals surface area contributed by atoms with Gasteiger partial charge in [0.15, 0.2) is 6.10 Å². The van der Waals surface area contributed by atoms with E-state index >= 15 is 0 Å². The molecule has 0 aromatic rings. The van der Waals surface area contributed by atoms with Crippen molar-refractivity contribution in [1.82, 2.24) is 0 Å². The fourth-order valence-corrected chi connectivity index (χ4v) is 2.37. The van der Waals surface area contributed by atoms with Crippen molar-refractivity contribution < 1.29 is 58.9 Å². The van der Waals surface area contributed by atoms with Crippen LogP contribution in [0.25, 0.3) is 0 Å². The number of ketones is 1. The summed E-state index contributed by atoms with van der Waals surface area (Å²) in [4.78, 5) is 46.3. The Labute approximate surface area is 160 Å². The minimum Gasteiger partial charge on any atom is -0.463 e. The number of aliphatic hydroxyl groups excluding tert-OH is 2. The van der Waals surface area contributed by atoms with Crippen LogP contribution in [0.15, 0.2) is 0 Å². The van der Waals surface area contributed by atoms with Crippen LogP contribution in [-0.4, -0.2) is 86.2 Å². The summed E-state index contributed by atoms with van der Waals surface area (Å²) in [6.45, 7) is 3.42. The van der Waals surface area contributed by atoms with Gasteiger partial charge in [-0.3, -0.25) is 19.2 Å². The molecule has 12 nitrogen and oxygen atoms in total. The van der Waals surface area contributed by atoms with Crippen LogP contribution in [0.3, 0.4) is 0 Å². The lowest BCUT2D eigenvalue weighted by Gasteiger charge is -2.33. The Balaban J connectivity index is 5.88. The molecule has 0 aromatic heterocycles. The van der Waals surface area contributed by atoms with Crippen LogP contribution in [0.1, 0.15) is 34.1 Å². The van der Waals surface area contributed by atoms with Gasteiger partial charge in [-0.2, -0.15) is 0 Å². The van der Waals surface area contributed by atoms with Crippen molar-refractivity contribution in [3.63, 3.8) is 0 Å². The third kappa shape index (κ3) is 8.27. The maximum Gasteiger partial charge on any atom is 0.303 e. The molecule has 0 amide bonds. The van der Waals surface area contributed by atoms with Gasteiger partial charge in [-0.15, -0.1) is 0 Å². The van der Waals surface area contributed by atoms with Gasteiger partial charge in [-0.1, -0.05) is 6.92 Å². The highest BCUT2D eigenvalue weighted by Crippen LogP contribution is 2.24. The second kappa shape index (κ2) is 11.0. The van der Waals surface area contributed by atoms with Crippen molar-refractivity contribution in [2.24, 2.45) is 5.92 Å². The molecular formula is C16H26O12. The van der Waals surface area contributed by atoms with Crippen LogP contribution >= 0.6 is 0 Å². The highest BCUT2D eigenvalue weighted by molar-refractivity contribution is 5.90. The molecule has 0 saturated carbocycles. The van der Waals surface area contributed by atoms with Gasteiger partial charge in [0, 0.05) is 20.8 Å². The average molecular weight is 410 g/mol. The number of hydrogen-bond donors (Lipinski definition) is 5. The summed E-state index contributed by atoms with van der Waals surface area (Å²) in [7, 11) is 0. The predicted molar refractivity (Wildman–Crippen MR) is 87.9 cm³/mol. The molecule has 0 aliphatic rings. The minimum atomic E-state index is -3.45. The van der Waals surface area contributed by atoms with E-state index in [9.17, 15) is 44.7 Å². The monoisotopic (exact) mass is 410 g/mol. The molecule has 0 aliphatic carbocycles. The maximum atomic E-state index is 12.6. The SMILES string of the molecule is CCC(C(O)C(=O)[C@@H](OC(C)=O)[C@H](OC(C)=O)[C@H](O)COC(C)=O)C(O)(O)O. The third-order valence-electron chi connectivity index (χ3n) is 3.62. The summed E-state index contributed by atoms with van der Waals surface area (Å²) >= 11 is 0. The predicted octanol–water partition coefficient (Wildman–Crippen LogP) is -2.64. The van der Waals surface area contributed by atoms with Crippen molar-refractivity contribution in [2.45, 2.75) is 64.5 Å². The number of esters is 3. The number of carbonyl (C=O) groups is 4. The maximum absolute atomic E-state index is 12.6. The van der Waals surface area contributed by atoms with Crippen molar-refractivity contribution in [2.75, 3.05) is 6.61 Å². The molecule has 0 saturated heterocycles. The zero-order valence-corrected chi connectivity index (χ0v) is 15.9. The van der Waals surface area contributed by atoms with Gasteiger partial charge in [0.2, 0.25) is 11.9 Å². The van der Waals surface area contributed by atoms with E-state index in [4.69, 9.17) is 9.47 Å². The Bertz CT molecular complexity index is 566. The van der Waals surface area contributed by atoms with Gasteiger partial charge < -0.3 is 39.7 Å². The molecule has 0 aliphatic heterocycles. The van der Waals surface area contributed by atoms with Crippen LogP contribution < -0.4 is 0 Å². The molecular weight excluding hydrogens is 384 g/mol. The molecule has 0 aromatic carbocycles. The van der Waals surface area contributed by atoms with Gasteiger partial charge in [0.25, 0.3) is 5.97 Å². The van der Waals surface area contributed by atoms with E-state index in [0.29, 0.717) is 0 Å². The molecule has 5 N–H and O–H groups in total. The Hall–Kier alpha value is -2.12. The van der Waals surface area contributed by atoms with Gasteiger partial charge in [0.05, 0.1) is 5.92 Å². The average Bonchev–Trinajstić information content (AvgIpc) is 2.53. The number of carbonyl (C=O) groups excluding carboxylic acids is 4. The first-order valence-corrected chi connectivity index (χ1v) is 8.27. The number of Topliss-reactive ketones (excluding diaryl/α,β-unsaturated/α-hetero) is 1. The Morgan fingerprint density at radius 3 is 1.75 bits per heavy atom. The van der Waals surface area contributed by atoms with Crippen LogP contribution in [-0.2, 0) is 33.4 Å². The molecule has 0 radical (unpaired) electrons. The smallest absolute Gasteiger partial charge is 0.303 e. The molecule has 0 spiro atoms. The summed E-state index contributed by atoms with van der Waals surface area (Å²) in [5.74, 6) is -9.51. The molecule has 2 unspecified atom stereocenters. The van der Waals surface area contributed by atoms with Gasteiger partial charge in [-0.25, -0.2) is 0 Å². The first-order valence-electron chi connectivity index (χ1n) is 8.27. The van der Waals surface area contributed by atoms with Crippen molar-refractivity contribution in [3.8, 4) is 0 Å². The molecule has 0 fully saturated rings. The van der Waals surface area contributed by atoms with Crippen LogP contribution in [0.5, 0.6) is 0 Å². The van der Waals surface area contributed by atoms with E-state index in [1.54, 1.807) is 0 Å². The Kier molecular flexibility index (Phi) is 10.2. The first kappa shape index (κ1) is 25.9. The second-order valence-electron chi connectivity index (χ2n) is 6.02. The fourth-order valence-electron chi connectivity index (χ4n) is 2.37. The van der Waals surface area contributed by atoms with E-state index < -0.39 is 66.6 Å². The lowest BCUT2D eigenvalue weighted by molar-refractivity contribution is -0.351. The molecule has 162 valence electrons. The highest BCUT2D eigenvalue weighted by Gasteiger charge is 2.47. The largest absolute Gasteiger partial charge is 0.463 e. The minimum absolute atomic E-state index is 0.294. The quantitative estimate of drug-likeness (QED) is 0.135. The zero-order chi connectivity index (χ0) is 22.2. The molecule has 28 heavy (non-hydrogen) atoms. The van der Waals surface area contributed by atoms with Crippen LogP contribution in [0.4, 0.5) is 0 Å². The van der Waals surface area contributed by atoms with Crippen LogP contribution in [0.2, 0.25) is 0 Å². The normalized spacial score (nSPS) is 16.9. The summed E-state index contributed by atoms with van der Waals surface area (Å²) in [6.07, 6.45) is -8.41. The van der Waals surface area contributed by atoms with E-state index in [1.807, 2.05) is 0 Å². The second-order valence-corrected chi connectivity index (χ2v) is 6.02. The van der Waals surface area contributed by atoms with E-state index in [1.165, 1.54) is 6.92 Å². The first-order chi connectivity index (χ1) is 12.7.